The number of H-pyrrole nitrogens is 1. The van der Waals surface area contributed by atoms with E-state index in [1.807, 2.05) is 0 Å². The highest BCUT2D eigenvalue weighted by atomic mass is 35.5. The standard InChI is InChI=1S/C11H4Cl2F2N2S/c12-7-3-4(10(13)18-7)11-16-6-2-1-5(14)8(15)9(6)17-11/h1-3H,(H,16,17). The summed E-state index contributed by atoms with van der Waals surface area (Å²) in [5.41, 5.74) is 0.924. The van der Waals surface area contributed by atoms with Gasteiger partial charge < -0.3 is 4.98 Å². The first-order chi connectivity index (χ1) is 8.56. The predicted octanol–water partition coefficient (Wildman–Crippen LogP) is 4.88. The van der Waals surface area contributed by atoms with Gasteiger partial charge in [-0.05, 0) is 18.2 Å². The van der Waals surface area contributed by atoms with Crippen LogP contribution in [0, 0.1) is 11.6 Å². The second kappa shape index (κ2) is 4.19. The Bertz CT molecular complexity index is 751. The number of nitrogens with zero attached hydrogens (tertiary/aromatic N) is 1. The molecule has 92 valence electrons. The highest BCUT2D eigenvalue weighted by Crippen LogP contribution is 2.37. The highest BCUT2D eigenvalue weighted by molar-refractivity contribution is 7.20. The fourth-order valence-corrected chi connectivity index (χ4v) is 3.11. The quantitative estimate of drug-likeness (QED) is 0.682. The number of hydrogen-bond acceptors (Lipinski definition) is 2. The van der Waals surface area contributed by atoms with Crippen LogP contribution in [-0.4, -0.2) is 9.97 Å². The maximum Gasteiger partial charge on any atom is 0.186 e. The first kappa shape index (κ1) is 11.9. The van der Waals surface area contributed by atoms with E-state index >= 15 is 0 Å². The third-order valence-electron chi connectivity index (χ3n) is 2.46. The van der Waals surface area contributed by atoms with E-state index < -0.39 is 11.6 Å². The average molecular weight is 305 g/mol. The van der Waals surface area contributed by atoms with E-state index in [2.05, 4.69) is 9.97 Å². The lowest BCUT2D eigenvalue weighted by Gasteiger charge is -1.91. The molecule has 0 aliphatic carbocycles. The summed E-state index contributed by atoms with van der Waals surface area (Å²) in [4.78, 5) is 6.89. The van der Waals surface area contributed by atoms with Crippen molar-refractivity contribution in [3.63, 3.8) is 0 Å². The molecule has 0 spiro atoms. The summed E-state index contributed by atoms with van der Waals surface area (Å²) in [6, 6.07) is 4.09. The SMILES string of the molecule is Fc1ccc2[nH]c(-c3cc(Cl)sc3Cl)nc2c1F. The first-order valence-electron chi connectivity index (χ1n) is 4.85. The van der Waals surface area contributed by atoms with Crippen LogP contribution in [0.15, 0.2) is 18.2 Å². The molecule has 0 aliphatic rings. The van der Waals surface area contributed by atoms with Crippen molar-refractivity contribution in [2.24, 2.45) is 0 Å². The summed E-state index contributed by atoms with van der Waals surface area (Å²) >= 11 is 13.0. The van der Waals surface area contributed by atoms with Crippen LogP contribution in [-0.2, 0) is 0 Å². The minimum Gasteiger partial charge on any atom is -0.338 e. The number of benzene rings is 1. The van der Waals surface area contributed by atoms with Gasteiger partial charge in [-0.3, -0.25) is 0 Å². The lowest BCUT2D eigenvalue weighted by Crippen LogP contribution is -1.84. The van der Waals surface area contributed by atoms with Gasteiger partial charge in [0.15, 0.2) is 11.6 Å². The molecule has 0 radical (unpaired) electrons. The van der Waals surface area contributed by atoms with Crippen molar-refractivity contribution in [1.82, 2.24) is 9.97 Å². The Labute approximate surface area is 114 Å². The van der Waals surface area contributed by atoms with Gasteiger partial charge in [0.2, 0.25) is 0 Å². The molecule has 3 rings (SSSR count). The van der Waals surface area contributed by atoms with Crippen molar-refractivity contribution in [2.75, 3.05) is 0 Å². The van der Waals surface area contributed by atoms with Crippen molar-refractivity contribution in [2.45, 2.75) is 0 Å². The van der Waals surface area contributed by atoms with E-state index in [9.17, 15) is 8.78 Å². The summed E-state index contributed by atoms with van der Waals surface area (Å²) in [6.45, 7) is 0. The Morgan fingerprint density at radius 2 is 2.00 bits per heavy atom. The van der Waals surface area contributed by atoms with E-state index in [0.717, 1.165) is 6.07 Å². The largest absolute Gasteiger partial charge is 0.338 e. The maximum atomic E-state index is 13.5. The van der Waals surface area contributed by atoms with Gasteiger partial charge in [0, 0.05) is 5.56 Å². The van der Waals surface area contributed by atoms with E-state index in [1.54, 1.807) is 6.07 Å². The van der Waals surface area contributed by atoms with Crippen molar-refractivity contribution in [3.8, 4) is 11.4 Å². The number of hydrogen-bond donors (Lipinski definition) is 1. The molecule has 7 heteroatoms. The van der Waals surface area contributed by atoms with Gasteiger partial charge in [0.1, 0.15) is 15.7 Å². The van der Waals surface area contributed by atoms with Crippen LogP contribution in [0.2, 0.25) is 8.67 Å². The van der Waals surface area contributed by atoms with E-state index in [4.69, 9.17) is 23.2 Å². The first-order valence-corrected chi connectivity index (χ1v) is 6.42. The molecule has 2 aromatic heterocycles. The summed E-state index contributed by atoms with van der Waals surface area (Å²) in [6.07, 6.45) is 0. The minimum absolute atomic E-state index is 0.0524. The van der Waals surface area contributed by atoms with Crippen LogP contribution in [0.1, 0.15) is 0 Å². The fraction of sp³-hybridized carbons (Fsp3) is 0. The Morgan fingerprint density at radius 3 is 2.67 bits per heavy atom. The van der Waals surface area contributed by atoms with Crippen LogP contribution < -0.4 is 0 Å². The molecule has 0 atom stereocenters. The topological polar surface area (TPSA) is 28.7 Å². The molecular weight excluding hydrogens is 301 g/mol. The molecule has 0 saturated carbocycles. The van der Waals surface area contributed by atoms with Crippen LogP contribution in [0.4, 0.5) is 8.78 Å². The Morgan fingerprint density at radius 1 is 1.22 bits per heavy atom. The molecule has 2 nitrogen and oxygen atoms in total. The van der Waals surface area contributed by atoms with Crippen LogP contribution >= 0.6 is 34.5 Å². The lowest BCUT2D eigenvalue weighted by atomic mass is 10.3. The molecule has 0 amide bonds. The van der Waals surface area contributed by atoms with E-state index in [-0.39, 0.29) is 5.52 Å². The van der Waals surface area contributed by atoms with Gasteiger partial charge in [0.25, 0.3) is 0 Å². The van der Waals surface area contributed by atoms with Gasteiger partial charge in [-0.2, -0.15) is 0 Å². The van der Waals surface area contributed by atoms with Crippen molar-refractivity contribution < 1.29 is 8.78 Å². The zero-order chi connectivity index (χ0) is 12.9. The second-order valence-corrected chi connectivity index (χ2v) is 5.87. The molecule has 0 bridgehead atoms. The predicted molar refractivity (Wildman–Crippen MR) is 69.3 cm³/mol. The third-order valence-corrected chi connectivity index (χ3v) is 3.95. The zero-order valence-corrected chi connectivity index (χ0v) is 10.9. The third kappa shape index (κ3) is 1.79. The number of halogens is 4. The number of aromatic amines is 1. The number of nitrogens with one attached hydrogen (secondary N) is 1. The number of imidazole rings is 1. The normalized spacial score (nSPS) is 11.3. The lowest BCUT2D eigenvalue weighted by molar-refractivity contribution is 0.515. The molecule has 0 saturated heterocycles. The molecule has 3 aromatic rings. The Hall–Kier alpha value is -1.17. The molecular formula is C11H4Cl2F2N2S. The number of aromatic nitrogens is 2. The van der Waals surface area contributed by atoms with Crippen molar-refractivity contribution in [3.05, 3.63) is 38.5 Å². The summed E-state index contributed by atoms with van der Waals surface area (Å²) < 4.78 is 27.5. The number of thiophene rings is 1. The molecule has 1 N–H and O–H groups in total. The van der Waals surface area contributed by atoms with Gasteiger partial charge in [-0.25, -0.2) is 13.8 Å². The molecule has 0 unspecified atom stereocenters. The van der Waals surface area contributed by atoms with Crippen molar-refractivity contribution >= 4 is 45.6 Å². The Kier molecular flexibility index (Phi) is 2.77. The van der Waals surface area contributed by atoms with Gasteiger partial charge in [0.05, 0.1) is 9.85 Å². The van der Waals surface area contributed by atoms with E-state index in [0.29, 0.717) is 25.6 Å². The Balaban J connectivity index is 2.26. The summed E-state index contributed by atoms with van der Waals surface area (Å²) in [7, 11) is 0. The smallest absolute Gasteiger partial charge is 0.186 e. The molecule has 2 heterocycles. The molecule has 0 aliphatic heterocycles. The van der Waals surface area contributed by atoms with Gasteiger partial charge in [-0.15, -0.1) is 11.3 Å². The van der Waals surface area contributed by atoms with Crippen molar-refractivity contribution in [1.29, 1.82) is 0 Å². The highest BCUT2D eigenvalue weighted by Gasteiger charge is 2.16. The van der Waals surface area contributed by atoms with Crippen LogP contribution in [0.5, 0.6) is 0 Å². The summed E-state index contributed by atoms with van der Waals surface area (Å²) in [5.74, 6) is -1.55. The monoisotopic (exact) mass is 304 g/mol. The van der Waals surface area contributed by atoms with Gasteiger partial charge in [-0.1, -0.05) is 23.2 Å². The zero-order valence-electron chi connectivity index (χ0n) is 8.60. The average Bonchev–Trinajstić information content (AvgIpc) is 2.87. The number of fused-ring (bicyclic) bond motifs is 1. The number of rotatable bonds is 1. The summed E-state index contributed by atoms with van der Waals surface area (Å²) in [5, 5.41) is 0. The molecule has 0 fully saturated rings. The van der Waals surface area contributed by atoms with Crippen LogP contribution in [0.3, 0.4) is 0 Å². The molecule has 1 aromatic carbocycles. The molecule has 18 heavy (non-hydrogen) atoms. The second-order valence-electron chi connectivity index (χ2n) is 3.58. The van der Waals surface area contributed by atoms with Gasteiger partial charge >= 0.3 is 0 Å². The maximum absolute atomic E-state index is 13.5. The fourth-order valence-electron chi connectivity index (χ4n) is 1.65. The van der Waals surface area contributed by atoms with E-state index in [1.165, 1.54) is 17.4 Å². The van der Waals surface area contributed by atoms with Crippen LogP contribution in [0.25, 0.3) is 22.4 Å². The minimum atomic E-state index is -0.979.